The zero-order valence-corrected chi connectivity index (χ0v) is 22.2. The van der Waals surface area contributed by atoms with E-state index in [1.165, 1.54) is 19.3 Å². The third-order valence-corrected chi connectivity index (χ3v) is 6.86. The van der Waals surface area contributed by atoms with E-state index >= 15 is 0 Å². The first kappa shape index (κ1) is 28.9. The maximum Gasteiger partial charge on any atom is 0.336 e. The number of fused-ring (bicyclic) bond motifs is 3. The fourth-order valence-electron chi connectivity index (χ4n) is 4.92. The molecular weight excluding hydrogens is 534 g/mol. The van der Waals surface area contributed by atoms with Crippen LogP contribution in [0.15, 0.2) is 48.5 Å². The van der Waals surface area contributed by atoms with E-state index in [-0.39, 0.29) is 27.8 Å². The summed E-state index contributed by atoms with van der Waals surface area (Å²) in [4.78, 5) is 45.0. The average molecular weight is 562 g/mol. The highest BCUT2D eigenvalue weighted by molar-refractivity contribution is 6.14. The van der Waals surface area contributed by atoms with Gasteiger partial charge in [-0.05, 0) is 41.3 Å². The molecule has 3 aromatic rings. The molecule has 41 heavy (non-hydrogen) atoms. The highest BCUT2D eigenvalue weighted by Crippen LogP contribution is 2.53. The number of hydrogen-bond donors (Lipinski definition) is 1. The van der Waals surface area contributed by atoms with Crippen LogP contribution in [0.4, 0.5) is 17.1 Å². The van der Waals surface area contributed by atoms with Crippen LogP contribution in [0, 0.1) is 30.3 Å². The third kappa shape index (κ3) is 6.21. The number of carboxylic acid groups (broad SMARTS) is 1. The molecule has 0 aliphatic heterocycles. The number of carbonyl (C=O) groups is 1. The van der Waals surface area contributed by atoms with Gasteiger partial charge in [0.1, 0.15) is 5.75 Å². The number of rotatable bonds is 13. The Balaban J connectivity index is 1.77. The summed E-state index contributed by atoms with van der Waals surface area (Å²) in [7, 11) is 0. The molecule has 0 atom stereocenters. The third-order valence-electron chi connectivity index (χ3n) is 6.86. The van der Waals surface area contributed by atoms with Crippen LogP contribution in [0.2, 0.25) is 0 Å². The average Bonchev–Trinajstić information content (AvgIpc) is 3.25. The van der Waals surface area contributed by atoms with Crippen LogP contribution < -0.4 is 4.74 Å². The molecule has 0 saturated heterocycles. The smallest absolute Gasteiger partial charge is 0.336 e. The Morgan fingerprint density at radius 3 is 1.98 bits per heavy atom. The maximum atomic E-state index is 12.1. The van der Waals surface area contributed by atoms with Gasteiger partial charge < -0.3 is 9.84 Å². The second kappa shape index (κ2) is 12.4. The molecule has 1 aliphatic carbocycles. The molecule has 0 spiro atoms. The van der Waals surface area contributed by atoms with Crippen molar-refractivity contribution in [2.45, 2.75) is 45.4 Å². The van der Waals surface area contributed by atoms with Crippen LogP contribution in [-0.4, -0.2) is 32.5 Å². The van der Waals surface area contributed by atoms with Gasteiger partial charge in [0.25, 0.3) is 17.1 Å². The number of benzene rings is 3. The lowest BCUT2D eigenvalue weighted by Crippen LogP contribution is -2.03. The predicted octanol–water partition coefficient (Wildman–Crippen LogP) is 7.42. The number of aromatic carboxylic acids is 1. The highest BCUT2D eigenvalue weighted by atomic mass is 16.6. The summed E-state index contributed by atoms with van der Waals surface area (Å²) >= 11 is 0. The molecule has 0 amide bonds. The summed E-state index contributed by atoms with van der Waals surface area (Å²) in [5.41, 5.74) is -1.70. The van der Waals surface area contributed by atoms with E-state index in [0.717, 1.165) is 43.5 Å². The van der Waals surface area contributed by atoms with Gasteiger partial charge in [0.15, 0.2) is 0 Å². The Kier molecular flexibility index (Phi) is 8.71. The zero-order valence-electron chi connectivity index (χ0n) is 22.2. The molecule has 0 heterocycles. The van der Waals surface area contributed by atoms with E-state index in [9.17, 15) is 40.2 Å². The van der Waals surface area contributed by atoms with Gasteiger partial charge in [-0.25, -0.2) is 4.79 Å². The number of unbranched alkanes of at least 4 members (excludes halogenated alkanes) is 5. The summed E-state index contributed by atoms with van der Waals surface area (Å²) in [5.74, 6) is -0.903. The molecule has 1 aliphatic rings. The van der Waals surface area contributed by atoms with Crippen LogP contribution >= 0.6 is 0 Å². The molecule has 0 bridgehead atoms. The molecule has 0 fully saturated rings. The van der Waals surface area contributed by atoms with Gasteiger partial charge in [-0.3, -0.25) is 30.3 Å². The number of nitrogens with zero attached hydrogens (tertiary/aromatic N) is 3. The number of carboxylic acids is 1. The number of non-ortho nitro benzene ring substituents is 2. The maximum absolute atomic E-state index is 12.1. The highest BCUT2D eigenvalue weighted by Gasteiger charge is 2.38. The fourth-order valence-corrected chi connectivity index (χ4v) is 4.92. The Morgan fingerprint density at radius 2 is 1.39 bits per heavy atom. The van der Waals surface area contributed by atoms with Crippen molar-refractivity contribution in [3.63, 3.8) is 0 Å². The molecule has 3 aromatic carbocycles. The molecule has 0 aromatic heterocycles. The molecule has 12 heteroatoms. The minimum Gasteiger partial charge on any atom is -0.494 e. The first-order valence-electron chi connectivity index (χ1n) is 13.1. The van der Waals surface area contributed by atoms with Crippen LogP contribution in [0.5, 0.6) is 5.75 Å². The number of ether oxygens (including phenoxy) is 1. The zero-order chi connectivity index (χ0) is 29.7. The molecule has 0 saturated carbocycles. The summed E-state index contributed by atoms with van der Waals surface area (Å²) in [6.45, 7) is 2.72. The fraction of sp³-hybridized carbons (Fsp3) is 0.276. The van der Waals surface area contributed by atoms with Gasteiger partial charge in [-0.2, -0.15) is 0 Å². The van der Waals surface area contributed by atoms with Crippen LogP contribution in [0.25, 0.3) is 22.8 Å². The van der Waals surface area contributed by atoms with Gasteiger partial charge in [0.05, 0.1) is 38.6 Å². The van der Waals surface area contributed by atoms with E-state index in [4.69, 9.17) is 4.74 Å². The van der Waals surface area contributed by atoms with Crippen molar-refractivity contribution in [1.82, 2.24) is 0 Å². The molecule has 4 rings (SSSR count). The molecule has 1 N–H and O–H groups in total. The second-order valence-electron chi connectivity index (χ2n) is 9.62. The van der Waals surface area contributed by atoms with Crippen molar-refractivity contribution in [3.8, 4) is 16.9 Å². The number of nitro benzene ring substituents is 3. The predicted molar refractivity (Wildman–Crippen MR) is 151 cm³/mol. The van der Waals surface area contributed by atoms with Crippen molar-refractivity contribution < 1.29 is 29.4 Å². The normalized spacial score (nSPS) is 12.6. The van der Waals surface area contributed by atoms with Gasteiger partial charge in [0.2, 0.25) is 0 Å². The lowest BCUT2D eigenvalue weighted by Gasteiger charge is -2.08. The monoisotopic (exact) mass is 561 g/mol. The summed E-state index contributed by atoms with van der Waals surface area (Å²) < 4.78 is 5.81. The topological polar surface area (TPSA) is 176 Å². The summed E-state index contributed by atoms with van der Waals surface area (Å²) in [6, 6.07) is 10.7. The lowest BCUT2D eigenvalue weighted by atomic mass is 9.96. The van der Waals surface area contributed by atoms with Crippen LogP contribution in [0.1, 0.15) is 72.5 Å². The van der Waals surface area contributed by atoms with Crippen molar-refractivity contribution in [2.24, 2.45) is 0 Å². The summed E-state index contributed by atoms with van der Waals surface area (Å²) in [6.07, 6.45) is 8.32. The molecule has 212 valence electrons. The Labute approximate surface area is 234 Å². The second-order valence-corrected chi connectivity index (χ2v) is 9.62. The largest absolute Gasteiger partial charge is 0.494 e. The van der Waals surface area contributed by atoms with Gasteiger partial charge >= 0.3 is 5.97 Å². The van der Waals surface area contributed by atoms with Crippen LogP contribution in [-0.2, 0) is 0 Å². The van der Waals surface area contributed by atoms with E-state index in [0.29, 0.717) is 17.9 Å². The SMILES string of the molecule is CCCCCCCCOc1ccc(/C=C2\c3cc([N+](=O)[O-])cc(C(=O)O)c3-c3c2cc([N+](=O)[O-])cc3[N+](=O)[O-])cc1. The lowest BCUT2D eigenvalue weighted by molar-refractivity contribution is -0.393. The van der Waals surface area contributed by atoms with Crippen molar-refractivity contribution >= 4 is 34.7 Å². The van der Waals surface area contributed by atoms with E-state index in [1.807, 2.05) is 0 Å². The molecular formula is C29H27N3O9. The molecule has 0 unspecified atom stereocenters. The first-order valence-corrected chi connectivity index (χ1v) is 13.1. The Bertz CT molecular complexity index is 1480. The molecule has 0 radical (unpaired) electrons. The number of hydrogen-bond acceptors (Lipinski definition) is 8. The van der Waals surface area contributed by atoms with Gasteiger partial charge in [0, 0.05) is 29.3 Å². The van der Waals surface area contributed by atoms with Gasteiger partial charge in [-0.1, -0.05) is 51.2 Å². The van der Waals surface area contributed by atoms with E-state index < -0.39 is 43.4 Å². The summed E-state index contributed by atoms with van der Waals surface area (Å²) in [5, 5.41) is 45.1. The van der Waals surface area contributed by atoms with Gasteiger partial charge in [-0.15, -0.1) is 0 Å². The minimum atomic E-state index is -1.53. The number of nitro groups is 3. The van der Waals surface area contributed by atoms with Crippen LogP contribution in [0.3, 0.4) is 0 Å². The van der Waals surface area contributed by atoms with Crippen molar-refractivity contribution in [3.05, 3.63) is 101 Å². The minimum absolute atomic E-state index is 0.0345. The Hall–Kier alpha value is -5.13. The van der Waals surface area contributed by atoms with E-state index in [2.05, 4.69) is 6.92 Å². The van der Waals surface area contributed by atoms with E-state index in [1.54, 1.807) is 30.3 Å². The standard InChI is InChI=1S/C29H27N3O9/c1-2-3-4-5-6-7-12-41-21-10-8-18(9-11-21)13-22-23-14-19(30(35)36)16-25(29(33)34)27(23)28-24(22)15-20(31(37)38)17-26(28)32(39)40/h8-11,13-17H,2-7,12H2,1H3,(H,33,34)/b22-13+. The first-order chi connectivity index (χ1) is 19.6. The van der Waals surface area contributed by atoms with Crippen molar-refractivity contribution in [2.75, 3.05) is 6.61 Å². The Morgan fingerprint density at radius 1 is 0.805 bits per heavy atom. The quantitative estimate of drug-likeness (QED) is 0.0988. The molecule has 12 nitrogen and oxygen atoms in total. The van der Waals surface area contributed by atoms with Crippen molar-refractivity contribution in [1.29, 1.82) is 0 Å².